The van der Waals surface area contributed by atoms with E-state index in [2.05, 4.69) is 10.3 Å². The van der Waals surface area contributed by atoms with E-state index in [9.17, 15) is 23.7 Å². The fraction of sp³-hybridized carbons (Fsp3) is 0.250. The highest BCUT2D eigenvalue weighted by Crippen LogP contribution is 2.30. The molecule has 1 aromatic carbocycles. The van der Waals surface area contributed by atoms with Crippen LogP contribution in [-0.4, -0.2) is 28.4 Å². The molecule has 130 valence electrons. The Morgan fingerprint density at radius 3 is 2.68 bits per heavy atom. The van der Waals surface area contributed by atoms with E-state index in [1.165, 1.54) is 18.3 Å². The van der Waals surface area contributed by atoms with E-state index in [0.29, 0.717) is 5.56 Å². The lowest BCUT2D eigenvalue weighted by atomic mass is 10.2. The molecular formula is C16H14F2N4O3. The van der Waals surface area contributed by atoms with Crippen molar-refractivity contribution >= 4 is 23.1 Å². The Morgan fingerprint density at radius 1 is 1.36 bits per heavy atom. The second kappa shape index (κ2) is 6.42. The highest BCUT2D eigenvalue weighted by molar-refractivity contribution is 6.01. The number of nitro groups is 1. The van der Waals surface area contributed by atoms with E-state index in [4.69, 9.17) is 0 Å². The molecule has 1 atom stereocenters. The van der Waals surface area contributed by atoms with Crippen LogP contribution in [0.5, 0.6) is 0 Å². The summed E-state index contributed by atoms with van der Waals surface area (Å²) in [6.45, 7) is 1.75. The summed E-state index contributed by atoms with van der Waals surface area (Å²) < 4.78 is 27.8. The van der Waals surface area contributed by atoms with Crippen molar-refractivity contribution < 1.29 is 18.5 Å². The van der Waals surface area contributed by atoms with Crippen molar-refractivity contribution in [2.24, 2.45) is 0 Å². The average molecular weight is 348 g/mol. The molecule has 0 radical (unpaired) electrons. The second-order valence-electron chi connectivity index (χ2n) is 5.68. The van der Waals surface area contributed by atoms with Crippen molar-refractivity contribution in [3.63, 3.8) is 0 Å². The second-order valence-corrected chi connectivity index (χ2v) is 5.68. The molecule has 0 bridgehead atoms. The van der Waals surface area contributed by atoms with E-state index in [1.807, 2.05) is 0 Å². The van der Waals surface area contributed by atoms with Gasteiger partial charge >= 0.3 is 5.69 Å². The first kappa shape index (κ1) is 16.7. The molecule has 1 aliphatic rings. The Morgan fingerprint density at radius 2 is 2.04 bits per heavy atom. The number of nitrogens with one attached hydrogen (secondary N) is 1. The summed E-state index contributed by atoms with van der Waals surface area (Å²) >= 11 is 0. The van der Waals surface area contributed by atoms with Crippen LogP contribution in [0.3, 0.4) is 0 Å². The van der Waals surface area contributed by atoms with Gasteiger partial charge in [0.25, 0.3) is 0 Å². The lowest BCUT2D eigenvalue weighted by Gasteiger charge is -2.18. The monoisotopic (exact) mass is 348 g/mol. The number of pyridine rings is 1. The molecular weight excluding hydrogens is 334 g/mol. The molecule has 7 nitrogen and oxygen atoms in total. The molecule has 1 unspecified atom stereocenters. The molecule has 0 saturated carbocycles. The fourth-order valence-electron chi connectivity index (χ4n) is 2.75. The van der Waals surface area contributed by atoms with Gasteiger partial charge in [-0.2, -0.15) is 0 Å². The van der Waals surface area contributed by atoms with Crippen molar-refractivity contribution in [1.29, 1.82) is 0 Å². The molecule has 25 heavy (non-hydrogen) atoms. The first-order chi connectivity index (χ1) is 11.9. The van der Waals surface area contributed by atoms with Crippen LogP contribution < -0.4 is 10.2 Å². The molecule has 1 N–H and O–H groups in total. The predicted molar refractivity (Wildman–Crippen MR) is 86.4 cm³/mol. The van der Waals surface area contributed by atoms with E-state index >= 15 is 0 Å². The standard InChI is InChI=1S/C16H14F2N4O3/c1-9-7-13(22(24)25)15(19-8-9)20-12-5-6-21(16(12)23)14-10(17)3-2-4-11(14)18/h2-4,7-8,12H,5-6H2,1H3,(H,19,20). The zero-order valence-corrected chi connectivity index (χ0v) is 13.2. The number of aryl methyl sites for hydroxylation is 1. The fourth-order valence-corrected chi connectivity index (χ4v) is 2.75. The van der Waals surface area contributed by atoms with Gasteiger partial charge in [-0.05, 0) is 31.0 Å². The predicted octanol–water partition coefficient (Wildman–Crippen LogP) is 2.79. The molecule has 0 aliphatic carbocycles. The maximum absolute atomic E-state index is 13.9. The third-order valence-electron chi connectivity index (χ3n) is 3.92. The zero-order valence-electron chi connectivity index (χ0n) is 13.2. The zero-order chi connectivity index (χ0) is 18.1. The van der Waals surface area contributed by atoms with Gasteiger partial charge in [-0.15, -0.1) is 0 Å². The van der Waals surface area contributed by atoms with Crippen LogP contribution in [0.1, 0.15) is 12.0 Å². The molecule has 1 saturated heterocycles. The van der Waals surface area contributed by atoms with Gasteiger partial charge in [-0.25, -0.2) is 13.8 Å². The van der Waals surface area contributed by atoms with Crippen molar-refractivity contribution in [3.05, 3.63) is 57.8 Å². The van der Waals surface area contributed by atoms with Gasteiger partial charge in [-0.1, -0.05) is 6.07 Å². The summed E-state index contributed by atoms with van der Waals surface area (Å²) in [5.41, 5.74) is -0.0726. The minimum atomic E-state index is -0.854. The molecule has 1 fully saturated rings. The first-order valence-corrected chi connectivity index (χ1v) is 7.51. The summed E-state index contributed by atoms with van der Waals surface area (Å²) in [6.07, 6.45) is 1.67. The topological polar surface area (TPSA) is 88.4 Å². The minimum Gasteiger partial charge on any atom is -0.353 e. The Kier molecular flexibility index (Phi) is 4.30. The number of carbonyl (C=O) groups is 1. The SMILES string of the molecule is Cc1cnc(NC2CCN(c3c(F)cccc3F)C2=O)c([N+](=O)[O-])c1. The largest absolute Gasteiger partial charge is 0.353 e. The smallest absolute Gasteiger partial charge is 0.311 e. The Hall–Kier alpha value is -3.10. The van der Waals surface area contributed by atoms with Crippen LogP contribution in [0.4, 0.5) is 26.0 Å². The third-order valence-corrected chi connectivity index (χ3v) is 3.92. The first-order valence-electron chi connectivity index (χ1n) is 7.51. The van der Waals surface area contributed by atoms with Crippen LogP contribution in [0.15, 0.2) is 30.5 Å². The molecule has 2 heterocycles. The third kappa shape index (κ3) is 3.12. The number of para-hydroxylation sites is 1. The van der Waals surface area contributed by atoms with E-state index in [1.54, 1.807) is 6.92 Å². The van der Waals surface area contributed by atoms with Crippen molar-refractivity contribution in [1.82, 2.24) is 4.98 Å². The number of hydrogen-bond donors (Lipinski definition) is 1. The summed E-state index contributed by atoms with van der Waals surface area (Å²) in [7, 11) is 0. The lowest BCUT2D eigenvalue weighted by Crippen LogP contribution is -2.34. The highest BCUT2D eigenvalue weighted by Gasteiger charge is 2.36. The number of halogens is 2. The van der Waals surface area contributed by atoms with E-state index in [0.717, 1.165) is 17.0 Å². The van der Waals surface area contributed by atoms with Crippen molar-refractivity contribution in [2.75, 3.05) is 16.8 Å². The van der Waals surface area contributed by atoms with Gasteiger partial charge in [0.2, 0.25) is 11.7 Å². The van der Waals surface area contributed by atoms with Gasteiger partial charge in [0.05, 0.1) is 4.92 Å². The number of nitrogens with zero attached hydrogens (tertiary/aromatic N) is 3. The summed E-state index contributed by atoms with van der Waals surface area (Å²) in [5.74, 6) is -2.30. The number of benzene rings is 1. The number of rotatable bonds is 4. The summed E-state index contributed by atoms with van der Waals surface area (Å²) in [5, 5.41) is 13.9. The minimum absolute atomic E-state index is 0.0511. The van der Waals surface area contributed by atoms with Crippen LogP contribution in [-0.2, 0) is 4.79 Å². The van der Waals surface area contributed by atoms with Crippen molar-refractivity contribution in [3.8, 4) is 0 Å². The number of anilines is 2. The lowest BCUT2D eigenvalue weighted by molar-refractivity contribution is -0.384. The van der Waals surface area contributed by atoms with Crippen molar-refractivity contribution in [2.45, 2.75) is 19.4 Å². The van der Waals surface area contributed by atoms with Gasteiger partial charge in [0.15, 0.2) is 0 Å². The number of carbonyl (C=O) groups excluding carboxylic acids is 1. The van der Waals surface area contributed by atoms with Crippen LogP contribution >= 0.6 is 0 Å². The normalized spacial score (nSPS) is 17.0. The Balaban J connectivity index is 1.85. The van der Waals surface area contributed by atoms with E-state index in [-0.39, 0.29) is 24.5 Å². The molecule has 1 aromatic heterocycles. The van der Waals surface area contributed by atoms with E-state index < -0.39 is 34.2 Å². The average Bonchev–Trinajstić information content (AvgIpc) is 2.90. The van der Waals surface area contributed by atoms with Gasteiger partial charge in [0, 0.05) is 18.8 Å². The van der Waals surface area contributed by atoms with Crippen LogP contribution in [0, 0.1) is 28.7 Å². The Bertz CT molecular complexity index is 839. The summed E-state index contributed by atoms with van der Waals surface area (Å²) in [6, 6.07) is 3.83. The number of amides is 1. The van der Waals surface area contributed by atoms with Gasteiger partial charge < -0.3 is 10.2 Å². The van der Waals surface area contributed by atoms with Crippen LogP contribution in [0.2, 0.25) is 0 Å². The number of aromatic nitrogens is 1. The molecule has 1 amide bonds. The van der Waals surface area contributed by atoms with Crippen LogP contribution in [0.25, 0.3) is 0 Å². The maximum atomic E-state index is 13.9. The number of hydrogen-bond acceptors (Lipinski definition) is 5. The van der Waals surface area contributed by atoms with Gasteiger partial charge in [-0.3, -0.25) is 14.9 Å². The molecule has 2 aromatic rings. The quantitative estimate of drug-likeness (QED) is 0.678. The molecule has 1 aliphatic heterocycles. The summed E-state index contributed by atoms with van der Waals surface area (Å²) in [4.78, 5) is 28.0. The maximum Gasteiger partial charge on any atom is 0.311 e. The molecule has 0 spiro atoms. The molecule has 9 heteroatoms. The van der Waals surface area contributed by atoms with Gasteiger partial charge in [0.1, 0.15) is 23.4 Å². The Labute approximate surface area is 141 Å². The highest BCUT2D eigenvalue weighted by atomic mass is 19.1. The molecule has 3 rings (SSSR count).